The summed E-state index contributed by atoms with van der Waals surface area (Å²) in [6.07, 6.45) is 2.78. The van der Waals surface area contributed by atoms with Crippen LogP contribution in [0.3, 0.4) is 0 Å². The lowest BCUT2D eigenvalue weighted by atomic mass is 10.1. The number of rotatable bonds is 2. The zero-order chi connectivity index (χ0) is 18.4. The lowest BCUT2D eigenvalue weighted by Crippen LogP contribution is -2.34. The third-order valence-electron chi connectivity index (χ3n) is 5.55. The highest BCUT2D eigenvalue weighted by Crippen LogP contribution is 2.33. The summed E-state index contributed by atoms with van der Waals surface area (Å²) >= 11 is 6.34. The van der Waals surface area contributed by atoms with Gasteiger partial charge in [0.15, 0.2) is 0 Å². The highest BCUT2D eigenvalue weighted by atomic mass is 35.5. The second kappa shape index (κ2) is 6.54. The molecule has 0 aliphatic carbocycles. The molecule has 136 valence electrons. The van der Waals surface area contributed by atoms with Crippen LogP contribution in [-0.2, 0) is 17.9 Å². The maximum absolute atomic E-state index is 13.1. The number of hydrogen-bond donors (Lipinski definition) is 0. The summed E-state index contributed by atoms with van der Waals surface area (Å²) in [5.41, 5.74) is 6.11. The van der Waals surface area contributed by atoms with Gasteiger partial charge in [-0.1, -0.05) is 11.6 Å². The van der Waals surface area contributed by atoms with Crippen LogP contribution in [0, 0.1) is 26.7 Å². The average Bonchev–Trinajstić information content (AvgIpc) is 3.27. The second-order valence-corrected chi connectivity index (χ2v) is 7.72. The summed E-state index contributed by atoms with van der Waals surface area (Å²) < 4.78 is 0. The van der Waals surface area contributed by atoms with Crippen molar-refractivity contribution >= 4 is 23.2 Å². The third kappa shape index (κ3) is 2.94. The van der Waals surface area contributed by atoms with Crippen molar-refractivity contribution in [2.75, 3.05) is 18.0 Å². The number of carbonyl (C=O) groups excluding carboxylic acids is 1. The van der Waals surface area contributed by atoms with Gasteiger partial charge in [0.05, 0.1) is 40.8 Å². The number of amides is 1. The van der Waals surface area contributed by atoms with E-state index < -0.39 is 0 Å². The smallest absolute Gasteiger partial charge is 0.228 e. The SMILES string of the molecule is Cc1ccc(N2CCC(C(=O)N3Cc4nc(C)c(Cl)c(C)c4C3)C2)cn1. The van der Waals surface area contributed by atoms with E-state index in [1.165, 1.54) is 0 Å². The molecule has 4 rings (SSSR count). The standard InChI is InChI=1S/C20H23ClN4O/c1-12-4-5-16(8-22-12)24-7-6-15(9-24)20(26)25-10-17-13(2)19(21)14(3)23-18(17)11-25/h4-5,8,15H,6-7,9-11H2,1-3H3. The number of carbonyl (C=O) groups is 1. The number of hydrogen-bond acceptors (Lipinski definition) is 4. The van der Waals surface area contributed by atoms with Crippen LogP contribution in [0.1, 0.15) is 34.6 Å². The summed E-state index contributed by atoms with van der Waals surface area (Å²) in [5.74, 6) is 0.251. The first-order valence-electron chi connectivity index (χ1n) is 9.05. The van der Waals surface area contributed by atoms with E-state index in [2.05, 4.69) is 20.9 Å². The Bertz CT molecular complexity index is 865. The van der Waals surface area contributed by atoms with Crippen molar-refractivity contribution in [3.05, 3.63) is 51.6 Å². The normalized spacial score (nSPS) is 19.2. The van der Waals surface area contributed by atoms with E-state index in [1.54, 1.807) is 0 Å². The van der Waals surface area contributed by atoms with Crippen LogP contribution < -0.4 is 4.90 Å². The first kappa shape index (κ1) is 17.3. The summed E-state index contributed by atoms with van der Waals surface area (Å²) in [6, 6.07) is 4.10. The topological polar surface area (TPSA) is 49.3 Å². The largest absolute Gasteiger partial charge is 0.369 e. The van der Waals surface area contributed by atoms with Crippen LogP contribution in [0.2, 0.25) is 5.02 Å². The molecule has 1 saturated heterocycles. The minimum Gasteiger partial charge on any atom is -0.369 e. The van der Waals surface area contributed by atoms with E-state index in [4.69, 9.17) is 11.6 Å². The number of halogens is 1. The third-order valence-corrected chi connectivity index (χ3v) is 6.11. The van der Waals surface area contributed by atoms with Gasteiger partial charge in [-0.05, 0) is 50.5 Å². The Labute approximate surface area is 159 Å². The predicted molar refractivity (Wildman–Crippen MR) is 102 cm³/mol. The second-order valence-electron chi connectivity index (χ2n) is 7.35. The van der Waals surface area contributed by atoms with E-state index in [-0.39, 0.29) is 11.8 Å². The molecule has 0 radical (unpaired) electrons. The molecule has 2 aromatic heterocycles. The Morgan fingerprint density at radius 3 is 2.77 bits per heavy atom. The Morgan fingerprint density at radius 1 is 1.23 bits per heavy atom. The van der Waals surface area contributed by atoms with Crippen LogP contribution >= 0.6 is 11.6 Å². The van der Waals surface area contributed by atoms with Gasteiger partial charge in [0.2, 0.25) is 5.91 Å². The van der Waals surface area contributed by atoms with Crippen molar-refractivity contribution in [3.8, 4) is 0 Å². The van der Waals surface area contributed by atoms with Crippen LogP contribution in [0.25, 0.3) is 0 Å². The number of aromatic nitrogens is 2. The molecule has 1 amide bonds. The number of anilines is 1. The number of fused-ring (bicyclic) bond motifs is 1. The lowest BCUT2D eigenvalue weighted by molar-refractivity contribution is -0.135. The maximum atomic E-state index is 13.1. The average molecular weight is 371 g/mol. The zero-order valence-corrected chi connectivity index (χ0v) is 16.2. The van der Waals surface area contributed by atoms with Gasteiger partial charge in [-0.15, -0.1) is 0 Å². The number of aryl methyl sites for hydroxylation is 2. The maximum Gasteiger partial charge on any atom is 0.228 e. The van der Waals surface area contributed by atoms with Gasteiger partial charge in [0.1, 0.15) is 0 Å². The molecule has 26 heavy (non-hydrogen) atoms. The lowest BCUT2D eigenvalue weighted by Gasteiger charge is -2.21. The summed E-state index contributed by atoms with van der Waals surface area (Å²) in [6.45, 7) is 8.78. The number of nitrogens with zero attached hydrogens (tertiary/aromatic N) is 4. The van der Waals surface area contributed by atoms with E-state index in [0.717, 1.165) is 58.4 Å². The van der Waals surface area contributed by atoms with Gasteiger partial charge in [-0.3, -0.25) is 14.8 Å². The van der Waals surface area contributed by atoms with Gasteiger partial charge in [0, 0.05) is 25.3 Å². The van der Waals surface area contributed by atoms with E-state index in [0.29, 0.717) is 13.1 Å². The van der Waals surface area contributed by atoms with Crippen molar-refractivity contribution in [3.63, 3.8) is 0 Å². The highest BCUT2D eigenvalue weighted by Gasteiger charge is 2.35. The highest BCUT2D eigenvalue weighted by molar-refractivity contribution is 6.32. The number of pyridine rings is 2. The Kier molecular flexibility index (Phi) is 4.35. The Hall–Kier alpha value is -2.14. The molecule has 2 aliphatic rings. The molecule has 0 N–H and O–H groups in total. The quantitative estimate of drug-likeness (QED) is 0.812. The predicted octanol–water partition coefficient (Wildman–Crippen LogP) is 3.42. The summed E-state index contributed by atoms with van der Waals surface area (Å²) in [7, 11) is 0. The van der Waals surface area contributed by atoms with Crippen LogP contribution in [0.4, 0.5) is 5.69 Å². The minimum absolute atomic E-state index is 0.0301. The Morgan fingerprint density at radius 2 is 2.04 bits per heavy atom. The molecule has 0 saturated carbocycles. The monoisotopic (exact) mass is 370 g/mol. The zero-order valence-electron chi connectivity index (χ0n) is 15.4. The van der Waals surface area contributed by atoms with Crippen LogP contribution in [0.15, 0.2) is 18.3 Å². The molecule has 0 bridgehead atoms. The van der Waals surface area contributed by atoms with Gasteiger partial charge in [-0.25, -0.2) is 0 Å². The first-order chi connectivity index (χ1) is 12.4. The van der Waals surface area contributed by atoms with Crippen molar-refractivity contribution in [2.24, 2.45) is 5.92 Å². The summed E-state index contributed by atoms with van der Waals surface area (Å²) in [4.78, 5) is 26.2. The summed E-state index contributed by atoms with van der Waals surface area (Å²) in [5, 5.41) is 0.719. The van der Waals surface area contributed by atoms with Crippen molar-refractivity contribution < 1.29 is 4.79 Å². The fourth-order valence-electron chi connectivity index (χ4n) is 3.96. The van der Waals surface area contributed by atoms with E-state index in [9.17, 15) is 4.79 Å². The molecule has 6 heteroatoms. The fourth-order valence-corrected chi connectivity index (χ4v) is 4.12. The van der Waals surface area contributed by atoms with Crippen LogP contribution in [-0.4, -0.2) is 33.9 Å². The molecule has 1 atom stereocenters. The molecule has 5 nitrogen and oxygen atoms in total. The molecule has 1 fully saturated rings. The van der Waals surface area contributed by atoms with Gasteiger partial charge in [0.25, 0.3) is 0 Å². The van der Waals surface area contributed by atoms with E-state index in [1.807, 2.05) is 37.9 Å². The molecule has 4 heterocycles. The molecular weight excluding hydrogens is 348 g/mol. The molecule has 0 aromatic carbocycles. The van der Waals surface area contributed by atoms with Crippen molar-refractivity contribution in [1.82, 2.24) is 14.9 Å². The minimum atomic E-state index is 0.0301. The molecule has 2 aliphatic heterocycles. The van der Waals surface area contributed by atoms with E-state index >= 15 is 0 Å². The molecule has 0 spiro atoms. The van der Waals surface area contributed by atoms with Gasteiger partial charge in [-0.2, -0.15) is 0 Å². The van der Waals surface area contributed by atoms with Gasteiger partial charge < -0.3 is 9.80 Å². The fraction of sp³-hybridized carbons (Fsp3) is 0.450. The molecule has 2 aromatic rings. The van der Waals surface area contributed by atoms with Crippen LogP contribution in [0.5, 0.6) is 0 Å². The van der Waals surface area contributed by atoms with Gasteiger partial charge >= 0.3 is 0 Å². The first-order valence-corrected chi connectivity index (χ1v) is 9.42. The Balaban J connectivity index is 1.46. The van der Waals surface area contributed by atoms with Crippen molar-refractivity contribution in [1.29, 1.82) is 0 Å². The van der Waals surface area contributed by atoms with Crippen molar-refractivity contribution in [2.45, 2.75) is 40.3 Å². The molecule has 1 unspecified atom stereocenters. The molecular formula is C20H23ClN4O.